The molecular weight excluding hydrogens is 532 g/mol. The first-order chi connectivity index (χ1) is 17.3. The number of carbonyl (C=O) groups excluding carboxylic acids is 3. The number of aliphatic hydroxyl groups is 1. The average Bonchev–Trinajstić information content (AvgIpc) is 3.30. The topological polar surface area (TPSA) is 138 Å². The van der Waals surface area contributed by atoms with Gasteiger partial charge < -0.3 is 30.6 Å². The van der Waals surface area contributed by atoms with E-state index >= 15 is 0 Å². The van der Waals surface area contributed by atoms with Gasteiger partial charge in [0, 0.05) is 12.8 Å². The quantitative estimate of drug-likeness (QED) is 0.331. The lowest BCUT2D eigenvalue weighted by Gasteiger charge is -2.25. The monoisotopic (exact) mass is 560 g/mol. The number of ether oxygens (including phenoxy) is 1. The predicted octanol–water partition coefficient (Wildman–Crippen LogP) is 2.00. The number of amides is 3. The Hall–Kier alpha value is -3.44. The maximum atomic E-state index is 13.0. The Morgan fingerprint density at radius 2 is 1.69 bits per heavy atom. The fraction of sp³-hybridized carbons (Fsp3) is 0.360. The molecule has 0 aliphatic carbocycles. The molecule has 0 bridgehead atoms. The van der Waals surface area contributed by atoms with Crippen molar-refractivity contribution in [3.63, 3.8) is 0 Å². The summed E-state index contributed by atoms with van der Waals surface area (Å²) in [6.45, 7) is 1.56. The number of benzene rings is 2. The average molecular weight is 561 g/mol. The maximum Gasteiger partial charge on any atom is 0.408 e. The van der Waals surface area contributed by atoms with E-state index in [1.807, 2.05) is 48.5 Å². The Morgan fingerprint density at radius 1 is 1.06 bits per heavy atom. The number of aliphatic hydroxyl groups excluding tert-OH is 1. The highest BCUT2D eigenvalue weighted by molar-refractivity contribution is 9.18. The summed E-state index contributed by atoms with van der Waals surface area (Å²) in [5.74, 6) is -1.16. The number of carbonyl (C=O) groups is 3. The SMILES string of the molecule is C[C@@H](O)[C@H](NC(=O)OCc1ccccc1)C(=O)N[C@@H](Cc1ccccc1)C(=O)NCC1CC(Br)=NO1. The van der Waals surface area contributed by atoms with Gasteiger partial charge in [0.05, 0.1) is 12.6 Å². The molecule has 10 nitrogen and oxygen atoms in total. The normalized spacial score (nSPS) is 17.1. The molecule has 36 heavy (non-hydrogen) atoms. The number of halogens is 1. The van der Waals surface area contributed by atoms with Gasteiger partial charge in [-0.1, -0.05) is 65.8 Å². The van der Waals surface area contributed by atoms with Gasteiger partial charge in [-0.25, -0.2) is 4.79 Å². The van der Waals surface area contributed by atoms with Crippen molar-refractivity contribution in [1.29, 1.82) is 0 Å². The first-order valence-corrected chi connectivity index (χ1v) is 12.3. The number of oxime groups is 1. The molecule has 4 N–H and O–H groups in total. The number of nitrogens with one attached hydrogen (secondary N) is 3. The van der Waals surface area contributed by atoms with Gasteiger partial charge in [-0.15, -0.1) is 0 Å². The van der Waals surface area contributed by atoms with Gasteiger partial charge in [0.1, 0.15) is 23.3 Å². The van der Waals surface area contributed by atoms with Crippen LogP contribution in [0, 0.1) is 0 Å². The fourth-order valence-corrected chi connectivity index (χ4v) is 3.90. The summed E-state index contributed by atoms with van der Waals surface area (Å²) in [5.41, 5.74) is 1.60. The summed E-state index contributed by atoms with van der Waals surface area (Å²) in [4.78, 5) is 43.5. The van der Waals surface area contributed by atoms with E-state index in [9.17, 15) is 19.5 Å². The van der Waals surface area contributed by atoms with Crippen LogP contribution < -0.4 is 16.0 Å². The van der Waals surface area contributed by atoms with Crippen LogP contribution in [0.5, 0.6) is 0 Å². The second-order valence-electron chi connectivity index (χ2n) is 8.32. The minimum absolute atomic E-state index is 0.00290. The summed E-state index contributed by atoms with van der Waals surface area (Å²) in [6, 6.07) is 15.9. The van der Waals surface area contributed by atoms with Crippen molar-refractivity contribution >= 4 is 38.5 Å². The number of nitrogens with zero attached hydrogens (tertiary/aromatic N) is 1. The molecule has 1 aliphatic rings. The Bertz CT molecular complexity index is 1050. The number of rotatable bonds is 11. The van der Waals surface area contributed by atoms with Crippen molar-refractivity contribution in [2.45, 2.75) is 50.7 Å². The molecule has 192 valence electrons. The Morgan fingerprint density at radius 3 is 2.28 bits per heavy atom. The molecule has 3 amide bonds. The first-order valence-electron chi connectivity index (χ1n) is 11.5. The van der Waals surface area contributed by atoms with E-state index in [1.165, 1.54) is 6.92 Å². The van der Waals surface area contributed by atoms with E-state index in [0.29, 0.717) is 11.0 Å². The van der Waals surface area contributed by atoms with Gasteiger partial charge in [-0.05, 0) is 34.0 Å². The van der Waals surface area contributed by atoms with Crippen molar-refractivity contribution in [2.75, 3.05) is 6.54 Å². The van der Waals surface area contributed by atoms with Gasteiger partial charge in [-0.3, -0.25) is 9.59 Å². The van der Waals surface area contributed by atoms with Crippen molar-refractivity contribution in [2.24, 2.45) is 5.16 Å². The molecule has 0 saturated carbocycles. The maximum absolute atomic E-state index is 13.0. The molecule has 1 unspecified atom stereocenters. The summed E-state index contributed by atoms with van der Waals surface area (Å²) in [6.07, 6.45) is -1.70. The van der Waals surface area contributed by atoms with Crippen LogP contribution in [0.3, 0.4) is 0 Å². The van der Waals surface area contributed by atoms with Crippen molar-refractivity contribution in [1.82, 2.24) is 16.0 Å². The van der Waals surface area contributed by atoms with Crippen LogP contribution in [0.1, 0.15) is 24.5 Å². The fourth-order valence-electron chi connectivity index (χ4n) is 3.46. The Labute approximate surface area is 217 Å². The largest absolute Gasteiger partial charge is 0.445 e. The van der Waals surface area contributed by atoms with Gasteiger partial charge in [0.2, 0.25) is 11.8 Å². The molecule has 0 spiro atoms. The molecule has 0 aromatic heterocycles. The van der Waals surface area contributed by atoms with Crippen LogP contribution in [0.4, 0.5) is 4.79 Å². The molecule has 4 atom stereocenters. The highest BCUT2D eigenvalue weighted by Crippen LogP contribution is 2.13. The zero-order valence-electron chi connectivity index (χ0n) is 19.7. The number of hydrogen-bond donors (Lipinski definition) is 4. The second kappa shape index (κ2) is 13.6. The number of alkyl carbamates (subject to hydrolysis) is 1. The Balaban J connectivity index is 1.61. The molecule has 11 heteroatoms. The molecular formula is C25H29BrN4O6. The standard InChI is InChI=1S/C25H29BrN4O6/c1-16(31)22(29-25(34)35-15-18-10-6-3-7-11-18)24(33)28-20(12-17-8-4-2-5-9-17)23(32)27-14-19-13-21(26)30-36-19/h2-11,16,19-20,22,31H,12-15H2,1H3,(H,27,32)(H,28,33)(H,29,34)/t16-,19?,20+,22+/m1/s1. The Kier molecular flexibility index (Phi) is 10.3. The third kappa shape index (κ3) is 8.65. The van der Waals surface area contributed by atoms with E-state index in [4.69, 9.17) is 9.57 Å². The van der Waals surface area contributed by atoms with Crippen molar-refractivity contribution in [3.05, 3.63) is 71.8 Å². The van der Waals surface area contributed by atoms with E-state index in [0.717, 1.165) is 11.1 Å². The third-order valence-corrected chi connectivity index (χ3v) is 5.84. The summed E-state index contributed by atoms with van der Waals surface area (Å²) < 4.78 is 5.82. The van der Waals surface area contributed by atoms with Crippen molar-refractivity contribution < 1.29 is 29.1 Å². The van der Waals surface area contributed by atoms with Crippen LogP contribution in [0.25, 0.3) is 0 Å². The van der Waals surface area contributed by atoms with E-state index in [1.54, 1.807) is 12.1 Å². The highest BCUT2D eigenvalue weighted by Gasteiger charge is 2.31. The predicted molar refractivity (Wildman–Crippen MR) is 136 cm³/mol. The number of hydrogen-bond acceptors (Lipinski definition) is 7. The van der Waals surface area contributed by atoms with Gasteiger partial charge >= 0.3 is 6.09 Å². The lowest BCUT2D eigenvalue weighted by molar-refractivity contribution is -0.131. The minimum atomic E-state index is -1.33. The summed E-state index contributed by atoms with van der Waals surface area (Å²) in [7, 11) is 0. The van der Waals surface area contributed by atoms with Crippen LogP contribution >= 0.6 is 15.9 Å². The van der Waals surface area contributed by atoms with E-state index in [-0.39, 0.29) is 25.7 Å². The zero-order valence-corrected chi connectivity index (χ0v) is 21.3. The molecule has 2 aromatic carbocycles. The van der Waals surface area contributed by atoms with Crippen LogP contribution in [0.2, 0.25) is 0 Å². The molecule has 0 fully saturated rings. The van der Waals surface area contributed by atoms with Crippen LogP contribution in [-0.2, 0) is 32.2 Å². The second-order valence-corrected chi connectivity index (χ2v) is 9.23. The molecule has 1 aliphatic heterocycles. The van der Waals surface area contributed by atoms with Crippen LogP contribution in [-0.4, -0.2) is 58.5 Å². The smallest absolute Gasteiger partial charge is 0.408 e. The van der Waals surface area contributed by atoms with Gasteiger partial charge in [-0.2, -0.15) is 0 Å². The van der Waals surface area contributed by atoms with Gasteiger partial charge in [0.15, 0.2) is 6.10 Å². The molecule has 2 aromatic rings. The lowest BCUT2D eigenvalue weighted by Crippen LogP contribution is -2.57. The van der Waals surface area contributed by atoms with Crippen molar-refractivity contribution in [3.8, 4) is 0 Å². The van der Waals surface area contributed by atoms with E-state index in [2.05, 4.69) is 37.0 Å². The molecule has 1 heterocycles. The molecule has 0 saturated heterocycles. The van der Waals surface area contributed by atoms with E-state index < -0.39 is 36.1 Å². The summed E-state index contributed by atoms with van der Waals surface area (Å²) in [5, 5.41) is 21.8. The summed E-state index contributed by atoms with van der Waals surface area (Å²) >= 11 is 3.25. The molecule has 3 rings (SSSR count). The zero-order chi connectivity index (χ0) is 25.9. The van der Waals surface area contributed by atoms with Crippen LogP contribution in [0.15, 0.2) is 65.8 Å². The lowest BCUT2D eigenvalue weighted by atomic mass is 10.0. The van der Waals surface area contributed by atoms with Gasteiger partial charge in [0.25, 0.3) is 0 Å². The highest BCUT2D eigenvalue weighted by atomic mass is 79.9. The molecule has 0 radical (unpaired) electrons. The minimum Gasteiger partial charge on any atom is -0.445 e. The third-order valence-electron chi connectivity index (χ3n) is 5.37. The first kappa shape index (κ1) is 27.2.